The van der Waals surface area contributed by atoms with Crippen LogP contribution in [0.4, 0.5) is 0 Å². The van der Waals surface area contributed by atoms with Crippen molar-refractivity contribution in [2.75, 3.05) is 13.7 Å². The van der Waals surface area contributed by atoms with E-state index in [4.69, 9.17) is 4.74 Å². The Labute approximate surface area is 110 Å². The van der Waals surface area contributed by atoms with Crippen LogP contribution in [0.3, 0.4) is 0 Å². The first-order valence-corrected chi connectivity index (χ1v) is 6.80. The van der Waals surface area contributed by atoms with Crippen LogP contribution in [-0.2, 0) is 14.3 Å². The van der Waals surface area contributed by atoms with Crippen LogP contribution in [0.5, 0.6) is 0 Å². The summed E-state index contributed by atoms with van der Waals surface area (Å²) in [7, 11) is 1.40. The number of carbonyl (C=O) groups is 2. The molecule has 1 aliphatic heterocycles. The molecule has 0 aromatic carbocycles. The van der Waals surface area contributed by atoms with Crippen LogP contribution < -0.4 is 0 Å². The number of amides is 1. The Morgan fingerprint density at radius 3 is 2.56 bits per heavy atom. The summed E-state index contributed by atoms with van der Waals surface area (Å²) in [5, 5.41) is 0. The average Bonchev–Trinajstić information content (AvgIpc) is 2.38. The molecule has 4 heteroatoms. The van der Waals surface area contributed by atoms with Crippen molar-refractivity contribution in [3.63, 3.8) is 0 Å². The number of nitrogens with zero attached hydrogens (tertiary/aromatic N) is 1. The second-order valence-corrected chi connectivity index (χ2v) is 5.67. The summed E-state index contributed by atoms with van der Waals surface area (Å²) < 4.78 is 4.72. The molecule has 0 aliphatic carbocycles. The summed E-state index contributed by atoms with van der Waals surface area (Å²) in [5.74, 6) is -0.0624. The Bertz CT molecular complexity index is 312. The second kappa shape index (κ2) is 6.21. The second-order valence-electron chi connectivity index (χ2n) is 5.67. The van der Waals surface area contributed by atoms with Crippen LogP contribution in [0.25, 0.3) is 0 Å². The van der Waals surface area contributed by atoms with Crippen molar-refractivity contribution in [3.8, 4) is 0 Å². The molecular weight excluding hydrogens is 230 g/mol. The highest BCUT2D eigenvalue weighted by atomic mass is 16.5. The molecule has 1 amide bonds. The van der Waals surface area contributed by atoms with Crippen molar-refractivity contribution in [1.29, 1.82) is 0 Å². The monoisotopic (exact) mass is 255 g/mol. The van der Waals surface area contributed by atoms with Crippen LogP contribution >= 0.6 is 0 Å². The van der Waals surface area contributed by atoms with Gasteiger partial charge in [-0.2, -0.15) is 0 Å². The summed E-state index contributed by atoms with van der Waals surface area (Å²) in [4.78, 5) is 25.8. The van der Waals surface area contributed by atoms with E-state index in [0.717, 1.165) is 32.2 Å². The molecule has 1 rings (SSSR count). The lowest BCUT2D eigenvalue weighted by Crippen LogP contribution is -2.49. The van der Waals surface area contributed by atoms with Crippen LogP contribution in [0, 0.1) is 5.41 Å². The molecule has 1 heterocycles. The maximum absolute atomic E-state index is 12.5. The Morgan fingerprint density at radius 2 is 2.00 bits per heavy atom. The highest BCUT2D eigenvalue weighted by molar-refractivity contribution is 5.83. The third kappa shape index (κ3) is 3.47. The summed E-state index contributed by atoms with van der Waals surface area (Å²) in [6.07, 6.45) is 4.15. The fraction of sp³-hybridized carbons (Fsp3) is 0.857. The van der Waals surface area contributed by atoms with E-state index in [1.165, 1.54) is 7.11 Å². The standard InChI is InChI=1S/C14H25NO3/c1-5-14(2,3)13(17)15-9-7-6-8-11(15)10-12(16)18-4/h11H,5-10H2,1-4H3. The molecule has 1 unspecified atom stereocenters. The van der Waals surface area contributed by atoms with Crippen LogP contribution in [0.1, 0.15) is 52.9 Å². The fourth-order valence-electron chi connectivity index (χ4n) is 2.30. The SMILES string of the molecule is CCC(C)(C)C(=O)N1CCCCC1CC(=O)OC. The van der Waals surface area contributed by atoms with Gasteiger partial charge >= 0.3 is 5.97 Å². The van der Waals surface area contributed by atoms with Gasteiger partial charge in [0.2, 0.25) is 5.91 Å². The zero-order valence-corrected chi connectivity index (χ0v) is 12.0. The minimum atomic E-state index is -0.342. The van der Waals surface area contributed by atoms with E-state index in [2.05, 4.69) is 0 Å². The molecule has 0 aromatic heterocycles. The van der Waals surface area contributed by atoms with Gasteiger partial charge in [0.25, 0.3) is 0 Å². The van der Waals surface area contributed by atoms with E-state index in [9.17, 15) is 9.59 Å². The number of piperidine rings is 1. The van der Waals surface area contributed by atoms with Crippen molar-refractivity contribution >= 4 is 11.9 Å². The molecule has 0 spiro atoms. The third-order valence-corrected chi connectivity index (χ3v) is 3.98. The normalized spacial score (nSPS) is 20.7. The third-order valence-electron chi connectivity index (χ3n) is 3.98. The molecule has 0 saturated carbocycles. The molecule has 18 heavy (non-hydrogen) atoms. The maximum Gasteiger partial charge on any atom is 0.307 e. The summed E-state index contributed by atoms with van der Waals surface area (Å²) in [6, 6.07) is 0.0181. The van der Waals surface area contributed by atoms with Gasteiger partial charge in [0.15, 0.2) is 0 Å². The largest absolute Gasteiger partial charge is 0.469 e. The number of rotatable bonds is 4. The Hall–Kier alpha value is -1.06. The molecule has 1 atom stereocenters. The quantitative estimate of drug-likeness (QED) is 0.724. The minimum Gasteiger partial charge on any atom is -0.469 e. The molecule has 1 fully saturated rings. The van der Waals surface area contributed by atoms with E-state index < -0.39 is 0 Å². The van der Waals surface area contributed by atoms with Gasteiger partial charge in [-0.25, -0.2) is 0 Å². The number of methoxy groups -OCH3 is 1. The number of carbonyl (C=O) groups excluding carboxylic acids is 2. The van der Waals surface area contributed by atoms with Gasteiger partial charge < -0.3 is 9.64 Å². The molecule has 0 bridgehead atoms. The molecule has 1 saturated heterocycles. The predicted molar refractivity (Wildman–Crippen MR) is 70.1 cm³/mol. The fourth-order valence-corrected chi connectivity index (χ4v) is 2.30. The van der Waals surface area contributed by atoms with Gasteiger partial charge in [-0.05, 0) is 25.7 Å². The lowest BCUT2D eigenvalue weighted by molar-refractivity contribution is -0.148. The van der Waals surface area contributed by atoms with E-state index in [1.807, 2.05) is 25.7 Å². The number of ether oxygens (including phenoxy) is 1. The average molecular weight is 255 g/mol. The molecule has 104 valence electrons. The van der Waals surface area contributed by atoms with E-state index >= 15 is 0 Å². The van der Waals surface area contributed by atoms with Crippen molar-refractivity contribution in [2.45, 2.75) is 58.9 Å². The minimum absolute atomic E-state index is 0.0181. The van der Waals surface area contributed by atoms with Crippen molar-refractivity contribution in [3.05, 3.63) is 0 Å². The van der Waals surface area contributed by atoms with Crippen LogP contribution in [0.15, 0.2) is 0 Å². The van der Waals surface area contributed by atoms with Gasteiger partial charge in [0.05, 0.1) is 13.5 Å². The van der Waals surface area contributed by atoms with Gasteiger partial charge in [0, 0.05) is 18.0 Å². The first-order valence-electron chi connectivity index (χ1n) is 6.80. The molecule has 1 aliphatic rings. The van der Waals surface area contributed by atoms with E-state index in [1.54, 1.807) is 0 Å². The van der Waals surface area contributed by atoms with Gasteiger partial charge in [-0.1, -0.05) is 20.8 Å². The summed E-state index contributed by atoms with van der Waals surface area (Å²) in [5.41, 5.74) is -0.342. The topological polar surface area (TPSA) is 46.6 Å². The van der Waals surface area contributed by atoms with Gasteiger partial charge in [-0.15, -0.1) is 0 Å². The molecule has 0 N–H and O–H groups in total. The Kier molecular flexibility index (Phi) is 5.17. The Balaban J connectivity index is 2.76. The molecular formula is C14H25NO3. The number of hydrogen-bond donors (Lipinski definition) is 0. The molecule has 4 nitrogen and oxygen atoms in total. The van der Waals surface area contributed by atoms with Gasteiger partial charge in [-0.3, -0.25) is 9.59 Å². The highest BCUT2D eigenvalue weighted by Gasteiger charge is 2.36. The van der Waals surface area contributed by atoms with E-state index in [0.29, 0.717) is 6.42 Å². The highest BCUT2D eigenvalue weighted by Crippen LogP contribution is 2.29. The number of esters is 1. The lowest BCUT2D eigenvalue weighted by Gasteiger charge is -2.39. The van der Waals surface area contributed by atoms with Gasteiger partial charge in [0.1, 0.15) is 0 Å². The Morgan fingerprint density at radius 1 is 1.33 bits per heavy atom. The van der Waals surface area contributed by atoms with Crippen molar-refractivity contribution in [2.24, 2.45) is 5.41 Å². The molecule has 0 aromatic rings. The van der Waals surface area contributed by atoms with Crippen molar-refractivity contribution in [1.82, 2.24) is 4.90 Å². The summed E-state index contributed by atoms with van der Waals surface area (Å²) in [6.45, 7) is 6.74. The first-order chi connectivity index (χ1) is 8.42. The maximum atomic E-state index is 12.5. The number of likely N-dealkylation sites (tertiary alicyclic amines) is 1. The molecule has 0 radical (unpaired) electrons. The number of hydrogen-bond acceptors (Lipinski definition) is 3. The van der Waals surface area contributed by atoms with E-state index in [-0.39, 0.29) is 23.3 Å². The van der Waals surface area contributed by atoms with Crippen molar-refractivity contribution < 1.29 is 14.3 Å². The smallest absolute Gasteiger partial charge is 0.307 e. The van der Waals surface area contributed by atoms with Crippen LogP contribution in [-0.4, -0.2) is 36.5 Å². The first kappa shape index (κ1) is 15.0. The zero-order valence-electron chi connectivity index (χ0n) is 12.0. The lowest BCUT2D eigenvalue weighted by atomic mass is 9.86. The predicted octanol–water partition coefficient (Wildman–Crippen LogP) is 2.37. The van der Waals surface area contributed by atoms with Crippen LogP contribution in [0.2, 0.25) is 0 Å². The summed E-state index contributed by atoms with van der Waals surface area (Å²) >= 11 is 0. The zero-order chi connectivity index (χ0) is 13.8.